The van der Waals surface area contributed by atoms with Crippen molar-refractivity contribution >= 4 is 33.5 Å². The number of carbonyl (C=O) groups is 1. The number of nitrogens with zero attached hydrogens (tertiary/aromatic N) is 5. The molecular weight excluding hydrogens is 473 g/mol. The van der Waals surface area contributed by atoms with Gasteiger partial charge in [0.2, 0.25) is 21.9 Å². The second-order valence-corrected chi connectivity index (χ2v) is 10.1. The van der Waals surface area contributed by atoms with Gasteiger partial charge in [-0.2, -0.15) is 4.31 Å². The van der Waals surface area contributed by atoms with Crippen molar-refractivity contribution in [3.8, 4) is 11.5 Å². The van der Waals surface area contributed by atoms with Crippen LogP contribution in [-0.4, -0.2) is 56.6 Å². The molecule has 3 aromatic heterocycles. The Morgan fingerprint density at radius 2 is 1.97 bits per heavy atom. The zero-order chi connectivity index (χ0) is 23.8. The van der Waals surface area contributed by atoms with Crippen LogP contribution in [0.3, 0.4) is 0 Å². The number of hydrogen-bond donors (Lipinski definition) is 2. The number of hydrogen-bond acceptors (Lipinski definition) is 7. The summed E-state index contributed by atoms with van der Waals surface area (Å²) in [5, 5.41) is 2.68. The summed E-state index contributed by atoms with van der Waals surface area (Å²) in [5.74, 6) is -0.460. The third-order valence-corrected chi connectivity index (χ3v) is 7.55. The number of imidazole rings is 1. The predicted molar refractivity (Wildman–Crippen MR) is 118 cm³/mol. The second-order valence-electron chi connectivity index (χ2n) is 7.81. The number of aromatic nitrogens is 5. The van der Waals surface area contributed by atoms with Gasteiger partial charge >= 0.3 is 0 Å². The molecule has 1 fully saturated rings. The summed E-state index contributed by atoms with van der Waals surface area (Å²) < 4.78 is 40.7. The van der Waals surface area contributed by atoms with Crippen molar-refractivity contribution in [3.05, 3.63) is 47.4 Å². The lowest BCUT2D eigenvalue weighted by Gasteiger charge is -2.35. The van der Waals surface area contributed by atoms with Gasteiger partial charge < -0.3 is 4.98 Å². The van der Waals surface area contributed by atoms with Crippen LogP contribution in [0.1, 0.15) is 31.9 Å². The van der Waals surface area contributed by atoms with Crippen molar-refractivity contribution in [2.24, 2.45) is 5.92 Å². The fraction of sp³-hybridized carbons (Fsp3) is 0.350. The van der Waals surface area contributed by atoms with Gasteiger partial charge in [-0.15, -0.1) is 0 Å². The number of carbonyl (C=O) groups excluding carboxylic acids is 1. The third-order valence-electron chi connectivity index (χ3n) is 5.45. The first-order valence-electron chi connectivity index (χ1n) is 10.1. The SMILES string of the molecule is CC(=O)Nc1ncc(S(=O)(=O)N2CC[C@@H](c3[nH]c(-c4ccc(F)cn4)nc3Cl)[C@@H](C)C2)cn1. The van der Waals surface area contributed by atoms with Gasteiger partial charge in [0.25, 0.3) is 0 Å². The molecule has 174 valence electrons. The van der Waals surface area contributed by atoms with Gasteiger partial charge in [-0.05, 0) is 24.5 Å². The maximum absolute atomic E-state index is 13.2. The fourth-order valence-electron chi connectivity index (χ4n) is 3.82. The molecule has 0 aromatic carbocycles. The number of amides is 1. The standard InChI is InChI=1S/C20H21ClFN7O3S/c1-11-10-29(33(31,32)14-8-24-20(25-9-14)26-12(2)30)6-5-15(11)17-18(21)28-19(27-17)16-4-3-13(22)7-23-16/h3-4,7-9,11,15H,5-6,10H2,1-2H3,(H,27,28)(H,24,25,26,30)/t11-,15+/m0/s1. The molecule has 4 rings (SSSR count). The quantitative estimate of drug-likeness (QED) is 0.558. The van der Waals surface area contributed by atoms with Crippen LogP contribution in [-0.2, 0) is 14.8 Å². The lowest BCUT2D eigenvalue weighted by atomic mass is 9.86. The topological polar surface area (TPSA) is 134 Å². The van der Waals surface area contributed by atoms with Gasteiger partial charge in [0, 0.05) is 25.9 Å². The van der Waals surface area contributed by atoms with Crippen LogP contribution >= 0.6 is 11.6 Å². The van der Waals surface area contributed by atoms with Gasteiger partial charge in [-0.3, -0.25) is 10.1 Å². The minimum absolute atomic E-state index is 0.0360. The summed E-state index contributed by atoms with van der Waals surface area (Å²) in [6, 6.07) is 2.79. The highest BCUT2D eigenvalue weighted by molar-refractivity contribution is 7.89. The van der Waals surface area contributed by atoms with E-state index in [-0.39, 0.29) is 46.8 Å². The highest BCUT2D eigenvalue weighted by Crippen LogP contribution is 2.37. The van der Waals surface area contributed by atoms with E-state index in [1.807, 2.05) is 6.92 Å². The number of pyridine rings is 1. The Morgan fingerprint density at radius 1 is 1.24 bits per heavy atom. The maximum atomic E-state index is 13.2. The summed E-state index contributed by atoms with van der Waals surface area (Å²) in [7, 11) is -3.81. The molecule has 0 aliphatic carbocycles. The second kappa shape index (κ2) is 9.12. The van der Waals surface area contributed by atoms with Crippen molar-refractivity contribution in [1.29, 1.82) is 0 Å². The Hall–Kier alpha value is -2.96. The molecule has 1 amide bonds. The number of sulfonamides is 1. The Kier molecular flexibility index (Phi) is 6.41. The van der Waals surface area contributed by atoms with Gasteiger partial charge in [0.15, 0.2) is 11.0 Å². The van der Waals surface area contributed by atoms with E-state index in [0.29, 0.717) is 23.6 Å². The number of halogens is 2. The van der Waals surface area contributed by atoms with Crippen molar-refractivity contribution in [2.75, 3.05) is 18.4 Å². The summed E-state index contributed by atoms with van der Waals surface area (Å²) >= 11 is 6.38. The van der Waals surface area contributed by atoms with E-state index in [2.05, 4.69) is 30.2 Å². The van der Waals surface area contributed by atoms with E-state index < -0.39 is 15.8 Å². The molecule has 2 N–H and O–H groups in total. The maximum Gasteiger partial charge on any atom is 0.246 e. The number of aromatic amines is 1. The summed E-state index contributed by atoms with van der Waals surface area (Å²) in [5.41, 5.74) is 1.16. The first kappa shape index (κ1) is 23.2. The highest BCUT2D eigenvalue weighted by atomic mass is 35.5. The Bertz CT molecular complexity index is 1270. The molecule has 13 heteroatoms. The fourth-order valence-corrected chi connectivity index (χ4v) is 5.54. The van der Waals surface area contributed by atoms with Crippen LogP contribution in [0.4, 0.5) is 10.3 Å². The van der Waals surface area contributed by atoms with Gasteiger partial charge in [-0.25, -0.2) is 32.7 Å². The van der Waals surface area contributed by atoms with Crippen molar-refractivity contribution in [1.82, 2.24) is 29.2 Å². The Balaban J connectivity index is 1.49. The van der Waals surface area contributed by atoms with Crippen molar-refractivity contribution in [2.45, 2.75) is 31.1 Å². The number of H-pyrrole nitrogens is 1. The number of nitrogens with one attached hydrogen (secondary N) is 2. The van der Waals surface area contributed by atoms with Crippen LogP contribution in [0.15, 0.2) is 35.6 Å². The molecule has 1 saturated heterocycles. The summed E-state index contributed by atoms with van der Waals surface area (Å²) in [6.07, 6.45) is 3.98. The van der Waals surface area contributed by atoms with Gasteiger partial charge in [0.1, 0.15) is 16.4 Å². The number of anilines is 1. The van der Waals surface area contributed by atoms with E-state index >= 15 is 0 Å². The first-order valence-corrected chi connectivity index (χ1v) is 11.9. The molecule has 0 radical (unpaired) electrons. The smallest absolute Gasteiger partial charge is 0.246 e. The minimum Gasteiger partial charge on any atom is -0.339 e. The molecule has 1 aliphatic rings. The number of piperidine rings is 1. The molecule has 1 aliphatic heterocycles. The molecule has 0 saturated carbocycles. The van der Waals surface area contributed by atoms with Crippen LogP contribution in [0.25, 0.3) is 11.5 Å². The van der Waals surface area contributed by atoms with E-state index in [0.717, 1.165) is 6.20 Å². The van der Waals surface area contributed by atoms with Crippen LogP contribution < -0.4 is 5.32 Å². The molecular formula is C20H21ClFN7O3S. The molecule has 0 unspecified atom stereocenters. The van der Waals surface area contributed by atoms with Crippen LogP contribution in [0.2, 0.25) is 5.15 Å². The van der Waals surface area contributed by atoms with E-state index in [1.54, 1.807) is 0 Å². The van der Waals surface area contributed by atoms with E-state index in [1.165, 1.54) is 35.8 Å². The monoisotopic (exact) mass is 493 g/mol. The van der Waals surface area contributed by atoms with Gasteiger partial charge in [-0.1, -0.05) is 18.5 Å². The summed E-state index contributed by atoms with van der Waals surface area (Å²) in [6.45, 7) is 3.78. The first-order chi connectivity index (χ1) is 15.6. The molecule has 2 atom stereocenters. The minimum atomic E-state index is -3.81. The zero-order valence-electron chi connectivity index (χ0n) is 17.8. The van der Waals surface area contributed by atoms with E-state index in [4.69, 9.17) is 11.6 Å². The molecule has 0 spiro atoms. The molecule has 33 heavy (non-hydrogen) atoms. The Labute approximate surface area is 194 Å². The third kappa shape index (κ3) is 4.87. The zero-order valence-corrected chi connectivity index (χ0v) is 19.4. The molecule has 10 nitrogen and oxygen atoms in total. The lowest BCUT2D eigenvalue weighted by Crippen LogP contribution is -2.42. The molecule has 4 heterocycles. The Morgan fingerprint density at radius 3 is 2.58 bits per heavy atom. The highest BCUT2D eigenvalue weighted by Gasteiger charge is 2.36. The van der Waals surface area contributed by atoms with Crippen LogP contribution in [0.5, 0.6) is 0 Å². The van der Waals surface area contributed by atoms with Crippen LogP contribution in [0, 0.1) is 11.7 Å². The van der Waals surface area contributed by atoms with Crippen molar-refractivity contribution < 1.29 is 17.6 Å². The summed E-state index contributed by atoms with van der Waals surface area (Å²) in [4.78, 5) is 30.3. The average molecular weight is 494 g/mol. The van der Waals surface area contributed by atoms with Crippen molar-refractivity contribution in [3.63, 3.8) is 0 Å². The van der Waals surface area contributed by atoms with Gasteiger partial charge in [0.05, 0.1) is 24.3 Å². The molecule has 0 bridgehead atoms. The normalized spacial score (nSPS) is 19.4. The largest absolute Gasteiger partial charge is 0.339 e. The number of rotatable bonds is 5. The predicted octanol–water partition coefficient (Wildman–Crippen LogP) is 2.83. The van der Waals surface area contributed by atoms with E-state index in [9.17, 15) is 17.6 Å². The lowest BCUT2D eigenvalue weighted by molar-refractivity contribution is -0.114. The molecule has 3 aromatic rings. The average Bonchev–Trinajstić information content (AvgIpc) is 3.15.